The van der Waals surface area contributed by atoms with Gasteiger partial charge < -0.3 is 19.7 Å². The molecule has 0 aromatic heterocycles. The van der Waals surface area contributed by atoms with Crippen molar-refractivity contribution in [2.45, 2.75) is 429 Å². The summed E-state index contributed by atoms with van der Waals surface area (Å²) in [6, 6.07) is 0. The average molecular weight is 1280 g/mol. The van der Waals surface area contributed by atoms with E-state index in [1.54, 1.807) is 0 Å². The minimum Gasteiger partial charge on any atom is -0.431 e. The maximum atomic E-state index is 15.7. The highest BCUT2D eigenvalue weighted by molar-refractivity contribution is 5.60. The van der Waals surface area contributed by atoms with Crippen LogP contribution in [0.25, 0.3) is 0 Å². The van der Waals surface area contributed by atoms with E-state index in [2.05, 4.69) is 83.1 Å². The topological polar surface area (TPSA) is 76.0 Å². The molecule has 0 aromatic carbocycles. The zero-order valence-electron chi connectivity index (χ0n) is 63.5. The van der Waals surface area contributed by atoms with Crippen LogP contribution in [0.3, 0.4) is 0 Å². The fourth-order valence-corrected chi connectivity index (χ4v) is 25.6. The van der Waals surface area contributed by atoms with Crippen LogP contribution < -0.4 is 0 Å². The van der Waals surface area contributed by atoms with Crippen molar-refractivity contribution in [3.05, 3.63) is 0 Å². The van der Waals surface area contributed by atoms with Crippen molar-refractivity contribution < 1.29 is 24.5 Å². The predicted octanol–water partition coefficient (Wildman–Crippen LogP) is 26.3. The summed E-state index contributed by atoms with van der Waals surface area (Å²) in [6.45, 7) is 30.4. The molecule has 8 aliphatic rings. The summed E-state index contributed by atoms with van der Waals surface area (Å²) in [6.07, 6.45) is 62.1. The number of rotatable bonds is 42. The Morgan fingerprint density at radius 2 is 0.685 bits per heavy atom. The third-order valence-corrected chi connectivity index (χ3v) is 30.7. The van der Waals surface area contributed by atoms with E-state index < -0.39 is 6.16 Å². The number of ether oxygens (including phenoxy) is 2. The first-order chi connectivity index (χ1) is 44.3. The zero-order valence-corrected chi connectivity index (χ0v) is 63.5. The van der Waals surface area contributed by atoms with Crippen molar-refractivity contribution in [1.82, 2.24) is 0 Å². The monoisotopic (exact) mass is 1280 g/mol. The Hall–Kier alpha value is -0.810. The molecular formula is C87H158O5. The van der Waals surface area contributed by atoms with Crippen molar-refractivity contribution in [3.8, 4) is 0 Å². The van der Waals surface area contributed by atoms with Crippen molar-refractivity contribution >= 4 is 6.16 Å². The van der Waals surface area contributed by atoms with Crippen molar-refractivity contribution in [2.75, 3.05) is 0 Å². The molecule has 4 unspecified atom stereocenters. The van der Waals surface area contributed by atoms with E-state index in [4.69, 9.17) is 9.47 Å². The molecule has 0 bridgehead atoms. The number of hydrogen-bond donors (Lipinski definition) is 2. The van der Waals surface area contributed by atoms with Gasteiger partial charge in [-0.1, -0.05) is 276 Å². The average Bonchev–Trinajstić information content (AvgIpc) is 1.20. The molecule has 536 valence electrons. The third kappa shape index (κ3) is 19.4. The molecule has 0 radical (unpaired) electrons. The number of fused-ring (bicyclic) bond motifs is 10. The Morgan fingerprint density at radius 1 is 0.359 bits per heavy atom. The maximum absolute atomic E-state index is 15.7. The Kier molecular flexibility index (Phi) is 31.4. The van der Waals surface area contributed by atoms with Gasteiger partial charge in [0.1, 0.15) is 12.2 Å². The first-order valence-electron chi connectivity index (χ1n) is 42.5. The number of hydrogen-bond acceptors (Lipinski definition) is 5. The first kappa shape index (κ1) is 76.9. The number of aliphatic hydroxyl groups excluding tert-OH is 2. The van der Waals surface area contributed by atoms with Crippen LogP contribution in [0.15, 0.2) is 0 Å². The lowest BCUT2D eigenvalue weighted by molar-refractivity contribution is -0.193. The first-order valence-corrected chi connectivity index (χ1v) is 42.5. The van der Waals surface area contributed by atoms with Gasteiger partial charge >= 0.3 is 6.16 Å². The van der Waals surface area contributed by atoms with E-state index in [1.165, 1.54) is 270 Å². The molecule has 8 rings (SSSR count). The number of carbonyl (C=O) groups excluding carboxylic acids is 1. The van der Waals surface area contributed by atoms with Crippen LogP contribution in [0.4, 0.5) is 4.79 Å². The number of unbranched alkanes of at least 4 members (excludes halogenated alkanes) is 24. The van der Waals surface area contributed by atoms with Gasteiger partial charge in [-0.05, 0) is 233 Å². The van der Waals surface area contributed by atoms with Gasteiger partial charge in [0.25, 0.3) is 0 Å². The second-order valence-electron chi connectivity index (χ2n) is 37.2. The summed E-state index contributed by atoms with van der Waals surface area (Å²) in [5, 5.41) is 24.4. The normalized spacial score (nSPS) is 37.2. The van der Waals surface area contributed by atoms with E-state index in [0.29, 0.717) is 34.5 Å². The summed E-state index contributed by atoms with van der Waals surface area (Å²) < 4.78 is 14.6. The SMILES string of the molecule is CCCCCCCCCCCCCCCC(OC(=O)OC(CCCCCCCCCCCCCCC)C1C[C@@H](O)C[C@H]2CC[C@@H]3[C@@H]4CC[C@H]([C@H](C)CCCC(C)C)[C@@]4(C)CC[C@@H]3[C@@]12C)C1C[C@@H](O)C[C@H]2CC[C@@H]3[C@@H]4CC[C@H]([C@H](C)CCCC(C)C)[C@@]4(C)CC[C@@H]3[C@@]12C. The maximum Gasteiger partial charge on any atom is 0.508 e. The van der Waals surface area contributed by atoms with Crippen LogP contribution >= 0.6 is 0 Å². The van der Waals surface area contributed by atoms with Crippen LogP contribution in [0.5, 0.6) is 0 Å². The Labute approximate surface area is 572 Å². The van der Waals surface area contributed by atoms with E-state index in [1.807, 2.05) is 0 Å². The summed E-state index contributed by atoms with van der Waals surface area (Å²) in [5.41, 5.74) is 0.882. The van der Waals surface area contributed by atoms with Crippen LogP contribution in [0, 0.1) is 116 Å². The highest BCUT2D eigenvalue weighted by Crippen LogP contribution is 2.72. The van der Waals surface area contributed by atoms with Crippen LogP contribution in [-0.2, 0) is 9.47 Å². The molecule has 22 atom stereocenters. The molecule has 0 amide bonds. The molecule has 5 heteroatoms. The molecule has 8 fully saturated rings. The van der Waals surface area contributed by atoms with Gasteiger partial charge in [-0.3, -0.25) is 0 Å². The van der Waals surface area contributed by atoms with Crippen LogP contribution in [0.2, 0.25) is 0 Å². The van der Waals surface area contributed by atoms with Gasteiger partial charge in [-0.15, -0.1) is 0 Å². The second kappa shape index (κ2) is 37.6. The largest absolute Gasteiger partial charge is 0.508 e. The van der Waals surface area contributed by atoms with E-state index in [-0.39, 0.29) is 47.1 Å². The Balaban J connectivity index is 1.02. The Morgan fingerprint density at radius 3 is 1.01 bits per heavy atom. The van der Waals surface area contributed by atoms with E-state index in [0.717, 1.165) is 111 Å². The highest BCUT2D eigenvalue weighted by Gasteiger charge is 2.66. The van der Waals surface area contributed by atoms with E-state index >= 15 is 4.79 Å². The summed E-state index contributed by atoms with van der Waals surface area (Å²) in [7, 11) is 0. The second-order valence-corrected chi connectivity index (χ2v) is 37.2. The molecule has 92 heavy (non-hydrogen) atoms. The van der Waals surface area contributed by atoms with Crippen molar-refractivity contribution in [3.63, 3.8) is 0 Å². The number of aliphatic hydroxyl groups is 2. The van der Waals surface area contributed by atoms with Crippen LogP contribution in [0.1, 0.15) is 404 Å². The lowest BCUT2D eigenvalue weighted by atomic mass is 9.41. The Bertz CT molecular complexity index is 1910. The molecule has 0 aliphatic heterocycles. The van der Waals surface area contributed by atoms with Crippen molar-refractivity contribution in [2.24, 2.45) is 116 Å². The summed E-state index contributed by atoms with van der Waals surface area (Å²) in [5.74, 6) is 10.3. The molecule has 8 saturated carbocycles. The van der Waals surface area contributed by atoms with Gasteiger partial charge in [0.05, 0.1) is 12.2 Å². The molecule has 0 saturated heterocycles. The standard InChI is InChI=1S/C87H158O5/c1-13-15-17-19-21-23-25-27-29-31-33-35-37-45-81(79-61-69(88)59-67-47-49-71-75-53-51-73(65(7)43-39-41-63(3)4)84(75,9)57-55-77(71)86(67,79)11)91-83(90)92-82(46-38-36-34-32-30-28-26-24-22-20-18-16-14-2)80-62-70(89)60-68-48-50-72-76-54-52-74(66(8)44-40-42-64(5)6)85(76,10)58-56-78(72)87(68,80)12/h63-82,88-89H,13-62H2,1-12H3/t65-,66-,67-,68-,69+,70+,71-,72-,73-,74-,75+,76+,77+,78+,79?,80?,81?,82?,84-,85-,86+,87+/m1/s1. The fourth-order valence-electron chi connectivity index (χ4n) is 25.6. The molecule has 0 heterocycles. The molecule has 2 N–H and O–H groups in total. The third-order valence-electron chi connectivity index (χ3n) is 30.7. The minimum absolute atomic E-state index is 0.0197. The summed E-state index contributed by atoms with van der Waals surface area (Å²) in [4.78, 5) is 15.7. The van der Waals surface area contributed by atoms with Gasteiger partial charge in [0.2, 0.25) is 0 Å². The molecule has 0 spiro atoms. The zero-order chi connectivity index (χ0) is 65.9. The van der Waals surface area contributed by atoms with Gasteiger partial charge in [-0.25, -0.2) is 4.79 Å². The van der Waals surface area contributed by atoms with Gasteiger partial charge in [0.15, 0.2) is 0 Å². The quantitative estimate of drug-likeness (QED) is 0.0471. The smallest absolute Gasteiger partial charge is 0.431 e. The minimum atomic E-state index is -0.410. The molecule has 5 nitrogen and oxygen atoms in total. The predicted molar refractivity (Wildman–Crippen MR) is 392 cm³/mol. The lowest BCUT2D eigenvalue weighted by Crippen LogP contribution is -2.60. The van der Waals surface area contributed by atoms with Crippen LogP contribution in [-0.4, -0.2) is 40.8 Å². The lowest BCUT2D eigenvalue weighted by Gasteiger charge is -2.64. The van der Waals surface area contributed by atoms with Gasteiger partial charge in [-0.2, -0.15) is 0 Å². The van der Waals surface area contributed by atoms with E-state index in [9.17, 15) is 10.2 Å². The molecule has 8 aliphatic carbocycles. The molecule has 0 aromatic rings. The number of carbonyl (C=O) groups is 1. The summed E-state index contributed by atoms with van der Waals surface area (Å²) >= 11 is 0. The fraction of sp³-hybridized carbons (Fsp3) is 0.989. The van der Waals surface area contributed by atoms with Crippen molar-refractivity contribution in [1.29, 1.82) is 0 Å². The molecular weight excluding hydrogens is 1120 g/mol. The highest BCUT2D eigenvalue weighted by atomic mass is 16.7. The van der Waals surface area contributed by atoms with Gasteiger partial charge in [0, 0.05) is 11.8 Å².